The Kier molecular flexibility index (Phi) is 2.72. The molecule has 1 rings (SSSR count). The Morgan fingerprint density at radius 1 is 1.67 bits per heavy atom. The monoisotopic (exact) mass is 165 g/mol. The zero-order valence-corrected chi connectivity index (χ0v) is 6.14. The maximum atomic E-state index is 11.0. The number of carbonyl (C=O) groups is 1. The zero-order chi connectivity index (χ0) is 8.81. The summed E-state index contributed by atoms with van der Waals surface area (Å²) in [5, 5.41) is 5.39. The van der Waals surface area contributed by atoms with Crippen LogP contribution in [0.5, 0.6) is 0 Å². The van der Waals surface area contributed by atoms with Gasteiger partial charge in [-0.25, -0.2) is 4.98 Å². The van der Waals surface area contributed by atoms with Crippen LogP contribution in [0, 0.1) is 0 Å². The lowest BCUT2D eigenvalue weighted by Gasteiger charge is -1.95. The van der Waals surface area contributed by atoms with Gasteiger partial charge in [-0.05, 0) is 0 Å². The molecule has 1 amide bonds. The number of nitrogens with two attached hydrogens (primary N) is 1. The van der Waals surface area contributed by atoms with E-state index in [0.717, 1.165) is 6.34 Å². The molecule has 3 N–H and O–H groups in total. The van der Waals surface area contributed by atoms with Crippen molar-refractivity contribution < 1.29 is 4.79 Å². The van der Waals surface area contributed by atoms with Crippen LogP contribution < -0.4 is 11.2 Å². The van der Waals surface area contributed by atoms with Crippen molar-refractivity contribution in [1.82, 2.24) is 15.3 Å². The summed E-state index contributed by atoms with van der Waals surface area (Å²) in [6.45, 7) is 0. The van der Waals surface area contributed by atoms with Crippen LogP contribution in [0.2, 0.25) is 0 Å². The second-order valence-corrected chi connectivity index (χ2v) is 1.84. The molecular formula is C6H7N5O. The molecule has 1 heterocycles. The largest absolute Gasteiger partial charge is 0.322 e. The molecule has 0 spiro atoms. The Bertz CT molecular complexity index is 283. The summed E-state index contributed by atoms with van der Waals surface area (Å²) in [6, 6.07) is 0. The molecule has 0 fully saturated rings. The molecule has 62 valence electrons. The highest BCUT2D eigenvalue weighted by Crippen LogP contribution is 1.87. The third kappa shape index (κ3) is 2.01. The van der Waals surface area contributed by atoms with Crippen LogP contribution in [-0.2, 0) is 0 Å². The standard InChI is InChI=1S/C6H7N5O/c7-11-4-10-6(12)5-3-8-1-2-9-5/h1-4H,7H2,(H,10,11,12). The summed E-state index contributed by atoms with van der Waals surface area (Å²) >= 11 is 0. The van der Waals surface area contributed by atoms with E-state index in [-0.39, 0.29) is 5.69 Å². The van der Waals surface area contributed by atoms with Gasteiger partial charge in [0.1, 0.15) is 12.0 Å². The first-order chi connectivity index (χ1) is 5.84. The first-order valence-corrected chi connectivity index (χ1v) is 3.13. The molecular weight excluding hydrogens is 158 g/mol. The van der Waals surface area contributed by atoms with Crippen LogP contribution in [-0.4, -0.2) is 22.2 Å². The predicted molar refractivity (Wildman–Crippen MR) is 42.2 cm³/mol. The average Bonchev–Trinajstić information content (AvgIpc) is 2.15. The normalized spacial score (nSPS) is 10.0. The summed E-state index contributed by atoms with van der Waals surface area (Å²) in [7, 11) is 0. The number of nitrogens with one attached hydrogen (secondary N) is 1. The number of carbonyl (C=O) groups excluding carboxylic acids is 1. The van der Waals surface area contributed by atoms with Gasteiger partial charge >= 0.3 is 0 Å². The highest BCUT2D eigenvalue weighted by atomic mass is 16.1. The van der Waals surface area contributed by atoms with Crippen LogP contribution in [0.25, 0.3) is 0 Å². The SMILES string of the molecule is N/N=C/NC(=O)c1cnccn1. The number of nitrogens with zero attached hydrogens (tertiary/aromatic N) is 3. The first-order valence-electron chi connectivity index (χ1n) is 3.13. The molecule has 0 unspecified atom stereocenters. The van der Waals surface area contributed by atoms with Crippen molar-refractivity contribution in [2.75, 3.05) is 0 Å². The summed E-state index contributed by atoms with van der Waals surface area (Å²) in [4.78, 5) is 18.5. The fourth-order valence-electron chi connectivity index (χ4n) is 0.586. The molecule has 0 aliphatic carbocycles. The van der Waals surface area contributed by atoms with E-state index in [9.17, 15) is 4.79 Å². The summed E-state index contributed by atoms with van der Waals surface area (Å²) < 4.78 is 0. The van der Waals surface area contributed by atoms with Crippen LogP contribution in [0.1, 0.15) is 10.5 Å². The van der Waals surface area contributed by atoms with Gasteiger partial charge in [0.05, 0.1) is 6.20 Å². The van der Waals surface area contributed by atoms with Crippen molar-refractivity contribution in [2.24, 2.45) is 10.9 Å². The van der Waals surface area contributed by atoms with E-state index in [1.54, 1.807) is 0 Å². The average molecular weight is 165 g/mol. The fourth-order valence-corrected chi connectivity index (χ4v) is 0.586. The van der Waals surface area contributed by atoms with Crippen LogP contribution in [0.4, 0.5) is 0 Å². The Balaban J connectivity index is 2.66. The Labute approximate surface area is 68.5 Å². The number of amides is 1. The van der Waals surface area contributed by atoms with Gasteiger partial charge in [0, 0.05) is 12.4 Å². The second kappa shape index (κ2) is 4.02. The molecule has 0 bridgehead atoms. The zero-order valence-electron chi connectivity index (χ0n) is 6.14. The number of hydrazone groups is 1. The maximum Gasteiger partial charge on any atom is 0.276 e. The highest BCUT2D eigenvalue weighted by molar-refractivity contribution is 5.98. The Morgan fingerprint density at radius 2 is 2.50 bits per heavy atom. The van der Waals surface area contributed by atoms with E-state index in [1.807, 2.05) is 0 Å². The third-order valence-electron chi connectivity index (χ3n) is 1.07. The molecule has 0 atom stereocenters. The van der Waals surface area contributed by atoms with Crippen molar-refractivity contribution in [3.05, 3.63) is 24.3 Å². The number of hydrogen-bond acceptors (Lipinski definition) is 5. The smallest absolute Gasteiger partial charge is 0.276 e. The molecule has 0 aliphatic rings. The van der Waals surface area contributed by atoms with Gasteiger partial charge in [-0.3, -0.25) is 9.78 Å². The quantitative estimate of drug-likeness (QED) is 0.257. The number of rotatable bonds is 2. The van der Waals surface area contributed by atoms with Crippen LogP contribution in [0.15, 0.2) is 23.7 Å². The molecule has 1 aromatic heterocycles. The van der Waals surface area contributed by atoms with E-state index in [2.05, 4.69) is 20.4 Å². The summed E-state index contributed by atoms with van der Waals surface area (Å²) in [5.41, 5.74) is 0.220. The van der Waals surface area contributed by atoms with E-state index in [0.29, 0.717) is 0 Å². The van der Waals surface area contributed by atoms with Crippen LogP contribution in [0.3, 0.4) is 0 Å². The highest BCUT2D eigenvalue weighted by Gasteiger charge is 2.02. The van der Waals surface area contributed by atoms with Crippen molar-refractivity contribution in [2.45, 2.75) is 0 Å². The predicted octanol–water partition coefficient (Wildman–Crippen LogP) is -0.892. The van der Waals surface area contributed by atoms with E-state index < -0.39 is 5.91 Å². The molecule has 0 radical (unpaired) electrons. The lowest BCUT2D eigenvalue weighted by molar-refractivity contribution is 0.0973. The molecule has 6 nitrogen and oxygen atoms in total. The topological polar surface area (TPSA) is 93.3 Å². The molecule has 12 heavy (non-hydrogen) atoms. The van der Waals surface area contributed by atoms with Gasteiger partial charge in [0.25, 0.3) is 5.91 Å². The number of hydrogen-bond donors (Lipinski definition) is 2. The van der Waals surface area contributed by atoms with Gasteiger partial charge < -0.3 is 11.2 Å². The first kappa shape index (κ1) is 8.12. The minimum Gasteiger partial charge on any atom is -0.322 e. The minimum absolute atomic E-state index is 0.220. The van der Waals surface area contributed by atoms with E-state index in [1.165, 1.54) is 18.6 Å². The van der Waals surface area contributed by atoms with Crippen molar-refractivity contribution in [1.29, 1.82) is 0 Å². The van der Waals surface area contributed by atoms with E-state index in [4.69, 9.17) is 5.84 Å². The third-order valence-corrected chi connectivity index (χ3v) is 1.07. The summed E-state index contributed by atoms with van der Waals surface area (Å²) in [6.07, 6.45) is 5.33. The minimum atomic E-state index is -0.391. The van der Waals surface area contributed by atoms with Gasteiger partial charge in [-0.15, -0.1) is 0 Å². The lowest BCUT2D eigenvalue weighted by Crippen LogP contribution is -2.23. The molecule has 0 aromatic carbocycles. The molecule has 1 aromatic rings. The van der Waals surface area contributed by atoms with Gasteiger partial charge in [-0.1, -0.05) is 0 Å². The van der Waals surface area contributed by atoms with Gasteiger partial charge in [-0.2, -0.15) is 5.10 Å². The van der Waals surface area contributed by atoms with E-state index >= 15 is 0 Å². The number of aromatic nitrogens is 2. The fraction of sp³-hybridized carbons (Fsp3) is 0. The molecule has 0 saturated heterocycles. The lowest BCUT2D eigenvalue weighted by atomic mass is 10.4. The van der Waals surface area contributed by atoms with Crippen molar-refractivity contribution in [3.63, 3.8) is 0 Å². The van der Waals surface area contributed by atoms with Gasteiger partial charge in [0.15, 0.2) is 0 Å². The van der Waals surface area contributed by atoms with Gasteiger partial charge in [0.2, 0.25) is 0 Å². The Hall–Kier alpha value is -1.98. The maximum absolute atomic E-state index is 11.0. The second-order valence-electron chi connectivity index (χ2n) is 1.84. The van der Waals surface area contributed by atoms with Crippen molar-refractivity contribution in [3.8, 4) is 0 Å². The van der Waals surface area contributed by atoms with Crippen LogP contribution >= 0.6 is 0 Å². The molecule has 6 heteroatoms. The molecule has 0 saturated carbocycles. The summed E-state index contributed by atoms with van der Waals surface area (Å²) in [5.74, 6) is 4.38. The molecule has 0 aliphatic heterocycles. The Morgan fingerprint density at radius 3 is 3.08 bits per heavy atom. The van der Waals surface area contributed by atoms with Crippen molar-refractivity contribution >= 4 is 12.2 Å².